The Kier molecular flexibility index (Phi) is 11.5. The van der Waals surface area contributed by atoms with Crippen LogP contribution >= 0.6 is 0 Å². The predicted molar refractivity (Wildman–Crippen MR) is 108 cm³/mol. The van der Waals surface area contributed by atoms with Crippen LogP contribution in [0.5, 0.6) is 0 Å². The molecule has 1 saturated heterocycles. The third kappa shape index (κ3) is 7.35. The summed E-state index contributed by atoms with van der Waals surface area (Å²) in [6.07, 6.45) is 10.4. The van der Waals surface area contributed by atoms with Gasteiger partial charge < -0.3 is 4.90 Å². The van der Waals surface area contributed by atoms with Crippen LogP contribution in [0.3, 0.4) is 0 Å². The van der Waals surface area contributed by atoms with Gasteiger partial charge in [0, 0.05) is 13.1 Å². The van der Waals surface area contributed by atoms with Crippen molar-refractivity contribution in [3.05, 3.63) is 77.4 Å². The van der Waals surface area contributed by atoms with Gasteiger partial charge in [-0.05, 0) is 46.2 Å². The molecule has 144 valence electrons. The highest BCUT2D eigenvalue weighted by molar-refractivity contribution is 5.82. The van der Waals surface area contributed by atoms with Gasteiger partial charge in [-0.25, -0.2) is 10.5 Å². The van der Waals surface area contributed by atoms with Crippen LogP contribution in [-0.4, -0.2) is 35.0 Å². The van der Waals surface area contributed by atoms with E-state index in [9.17, 15) is 0 Å². The molecule has 0 unspecified atom stereocenters. The Labute approximate surface area is 161 Å². The molecule has 2 N–H and O–H groups in total. The number of benzene rings is 2. The van der Waals surface area contributed by atoms with Crippen molar-refractivity contribution in [1.82, 2.24) is 4.90 Å². The minimum atomic E-state index is 1.17. The zero-order chi connectivity index (χ0) is 19.9. The molecular formula is C22H27NO4. The maximum Gasteiger partial charge on any atom is 0.00189 e. The molecule has 0 bridgehead atoms. The van der Waals surface area contributed by atoms with Crippen LogP contribution in [0.4, 0.5) is 0 Å². The molecule has 2 aromatic carbocycles. The number of rotatable bonds is 4. The van der Waals surface area contributed by atoms with Gasteiger partial charge in [0.15, 0.2) is 0 Å². The van der Waals surface area contributed by atoms with Gasteiger partial charge in [0.05, 0.1) is 0 Å². The fourth-order valence-electron chi connectivity index (χ4n) is 3.17. The number of piperidine rings is 1. The van der Waals surface area contributed by atoms with Crippen LogP contribution in [0, 0.1) is 12.8 Å². The Morgan fingerprint density at radius 3 is 1.59 bits per heavy atom. The minimum absolute atomic E-state index is 1.17. The summed E-state index contributed by atoms with van der Waals surface area (Å²) >= 11 is 0. The van der Waals surface area contributed by atoms with Crippen LogP contribution < -0.4 is 0 Å². The number of hydrogen-bond donors (Lipinski definition) is 2. The molecule has 1 aliphatic heterocycles. The molecule has 0 saturated carbocycles. The highest BCUT2D eigenvalue weighted by Gasteiger charge is 2.17. The highest BCUT2D eigenvalue weighted by Crippen LogP contribution is 2.32. The first-order valence-electron chi connectivity index (χ1n) is 8.80. The van der Waals surface area contributed by atoms with Crippen molar-refractivity contribution < 1.29 is 20.6 Å². The lowest BCUT2D eigenvalue weighted by Gasteiger charge is -2.29. The highest BCUT2D eigenvalue weighted by atomic mass is 17.6. The van der Waals surface area contributed by atoms with Crippen molar-refractivity contribution in [3.63, 3.8) is 0 Å². The lowest BCUT2D eigenvalue weighted by Crippen LogP contribution is -2.30. The monoisotopic (exact) mass is 369 g/mol. The zero-order valence-corrected chi connectivity index (χ0v) is 15.6. The maximum absolute atomic E-state index is 6.90. The third-order valence-electron chi connectivity index (χ3n) is 4.42. The van der Waals surface area contributed by atoms with E-state index >= 15 is 0 Å². The second-order valence-electron chi connectivity index (χ2n) is 5.79. The van der Waals surface area contributed by atoms with E-state index in [1.54, 1.807) is 5.57 Å². The molecule has 2 aromatic rings. The fourth-order valence-corrected chi connectivity index (χ4v) is 3.17. The number of likely N-dealkylation sites (tertiary alicyclic amines) is 1. The Morgan fingerprint density at radius 2 is 1.26 bits per heavy atom. The SMILES string of the molecule is C#C.CCN1CCC(=C(c2ccccc2)c2ccccc2)CC1.OOOO. The summed E-state index contributed by atoms with van der Waals surface area (Å²) in [5.74, 6) is 0. The Balaban J connectivity index is 0.000000541. The van der Waals surface area contributed by atoms with Gasteiger partial charge in [0.25, 0.3) is 0 Å². The zero-order valence-electron chi connectivity index (χ0n) is 15.6. The standard InChI is InChI=1S/C20H23N.C2H2.H2O4/c1-2-21-15-13-19(14-16-21)20(17-9-5-3-6-10-17)18-11-7-4-8-12-18;1-2;1-3-4-2/h3-12H,2,13-16H2,1H3;1-2H;1-2H. The van der Waals surface area contributed by atoms with Crippen molar-refractivity contribution in [1.29, 1.82) is 0 Å². The van der Waals surface area contributed by atoms with Crippen LogP contribution in [0.2, 0.25) is 0 Å². The summed E-state index contributed by atoms with van der Waals surface area (Å²) in [6.45, 7) is 5.80. The first kappa shape index (κ1) is 22.6. The quantitative estimate of drug-likeness (QED) is 0.463. The van der Waals surface area contributed by atoms with E-state index in [1.807, 2.05) is 0 Å². The van der Waals surface area contributed by atoms with Gasteiger partial charge in [0.2, 0.25) is 0 Å². The van der Waals surface area contributed by atoms with E-state index in [-0.39, 0.29) is 0 Å². The van der Waals surface area contributed by atoms with Gasteiger partial charge in [-0.15, -0.1) is 12.8 Å². The van der Waals surface area contributed by atoms with Crippen molar-refractivity contribution in [2.24, 2.45) is 0 Å². The normalized spacial score (nSPS) is 13.6. The largest absolute Gasteiger partial charge is 0.303 e. The topological polar surface area (TPSA) is 62.2 Å². The maximum atomic E-state index is 6.90. The molecule has 0 amide bonds. The van der Waals surface area contributed by atoms with E-state index in [2.05, 4.69) is 95.4 Å². The van der Waals surface area contributed by atoms with E-state index < -0.39 is 0 Å². The molecule has 27 heavy (non-hydrogen) atoms. The van der Waals surface area contributed by atoms with Gasteiger partial charge >= 0.3 is 0 Å². The number of hydrogen-bond acceptors (Lipinski definition) is 5. The lowest BCUT2D eigenvalue weighted by molar-refractivity contribution is -0.611. The van der Waals surface area contributed by atoms with E-state index in [0.717, 1.165) is 0 Å². The molecule has 1 heterocycles. The van der Waals surface area contributed by atoms with Crippen LogP contribution in [0.1, 0.15) is 30.9 Å². The second-order valence-corrected chi connectivity index (χ2v) is 5.79. The van der Waals surface area contributed by atoms with Crippen LogP contribution in [0.15, 0.2) is 66.2 Å². The fraction of sp³-hybridized carbons (Fsp3) is 0.273. The number of nitrogens with zero attached hydrogens (tertiary/aromatic N) is 1. The molecular weight excluding hydrogens is 342 g/mol. The van der Waals surface area contributed by atoms with Crippen molar-refractivity contribution in [2.75, 3.05) is 19.6 Å². The van der Waals surface area contributed by atoms with Crippen molar-refractivity contribution in [2.45, 2.75) is 19.8 Å². The molecule has 1 aliphatic rings. The molecule has 1 fully saturated rings. The van der Waals surface area contributed by atoms with Crippen LogP contribution in [0.25, 0.3) is 5.57 Å². The molecule has 0 aromatic heterocycles. The van der Waals surface area contributed by atoms with Crippen molar-refractivity contribution >= 4 is 5.57 Å². The molecule has 0 atom stereocenters. The summed E-state index contributed by atoms with van der Waals surface area (Å²) in [5, 5.41) is 19.0. The number of terminal acetylenes is 1. The Bertz CT molecular complexity index is 630. The average Bonchev–Trinajstić information content (AvgIpc) is 2.77. The van der Waals surface area contributed by atoms with Gasteiger partial charge in [-0.2, -0.15) is 0 Å². The molecule has 0 radical (unpaired) electrons. The van der Waals surface area contributed by atoms with E-state index in [1.165, 1.54) is 49.2 Å². The summed E-state index contributed by atoms with van der Waals surface area (Å²) in [7, 11) is 0. The van der Waals surface area contributed by atoms with E-state index in [0.29, 0.717) is 0 Å². The second kappa shape index (κ2) is 13.7. The lowest BCUT2D eigenvalue weighted by atomic mass is 9.88. The van der Waals surface area contributed by atoms with Gasteiger partial charge in [-0.3, -0.25) is 0 Å². The predicted octanol–water partition coefficient (Wildman–Crippen LogP) is 4.73. The van der Waals surface area contributed by atoms with E-state index in [4.69, 9.17) is 10.5 Å². The first-order valence-corrected chi connectivity index (χ1v) is 8.80. The molecule has 3 rings (SSSR count). The molecule has 0 spiro atoms. The molecule has 0 aliphatic carbocycles. The smallest absolute Gasteiger partial charge is 0.00189 e. The van der Waals surface area contributed by atoms with Gasteiger partial charge in [0.1, 0.15) is 0 Å². The van der Waals surface area contributed by atoms with Crippen LogP contribution in [-0.2, 0) is 10.1 Å². The molecule has 5 heteroatoms. The first-order chi connectivity index (χ1) is 13.3. The Morgan fingerprint density at radius 1 is 0.852 bits per heavy atom. The summed E-state index contributed by atoms with van der Waals surface area (Å²) in [5.41, 5.74) is 5.76. The minimum Gasteiger partial charge on any atom is -0.303 e. The summed E-state index contributed by atoms with van der Waals surface area (Å²) in [4.78, 5) is 2.54. The summed E-state index contributed by atoms with van der Waals surface area (Å²) < 4.78 is 0. The Hall–Kier alpha value is -2.46. The third-order valence-corrected chi connectivity index (χ3v) is 4.42. The molecule has 5 nitrogen and oxygen atoms in total. The van der Waals surface area contributed by atoms with Gasteiger partial charge in [-0.1, -0.05) is 73.2 Å². The summed E-state index contributed by atoms with van der Waals surface area (Å²) in [6, 6.07) is 21.7. The average molecular weight is 369 g/mol. The van der Waals surface area contributed by atoms with Crippen molar-refractivity contribution in [3.8, 4) is 12.8 Å².